The molecule has 20 heavy (non-hydrogen) atoms. The van der Waals surface area contributed by atoms with Crippen LogP contribution in [0.4, 0.5) is 5.95 Å². The number of fused-ring (bicyclic) bond motifs is 1. The SMILES string of the molecule is CCCn1ccnc1NCc1cccc2ccccc12. The van der Waals surface area contributed by atoms with Crippen LogP contribution in [0.15, 0.2) is 54.9 Å². The van der Waals surface area contributed by atoms with Crippen molar-refractivity contribution >= 4 is 16.7 Å². The van der Waals surface area contributed by atoms with E-state index in [1.54, 1.807) is 0 Å². The van der Waals surface area contributed by atoms with Gasteiger partial charge in [-0.3, -0.25) is 0 Å². The molecule has 0 aliphatic rings. The van der Waals surface area contributed by atoms with Crippen LogP contribution in [0.25, 0.3) is 10.8 Å². The lowest BCUT2D eigenvalue weighted by Crippen LogP contribution is -2.07. The van der Waals surface area contributed by atoms with Gasteiger partial charge in [0.25, 0.3) is 0 Å². The van der Waals surface area contributed by atoms with Crippen LogP contribution >= 0.6 is 0 Å². The number of aryl methyl sites for hydroxylation is 1. The van der Waals surface area contributed by atoms with E-state index in [0.717, 1.165) is 25.5 Å². The van der Waals surface area contributed by atoms with Crippen molar-refractivity contribution in [1.29, 1.82) is 0 Å². The van der Waals surface area contributed by atoms with Crippen LogP contribution in [-0.4, -0.2) is 9.55 Å². The Balaban J connectivity index is 1.81. The van der Waals surface area contributed by atoms with Crippen LogP contribution < -0.4 is 5.32 Å². The maximum Gasteiger partial charge on any atom is 0.203 e. The van der Waals surface area contributed by atoms with Crippen LogP contribution in [0.5, 0.6) is 0 Å². The van der Waals surface area contributed by atoms with E-state index in [-0.39, 0.29) is 0 Å². The molecule has 2 aromatic carbocycles. The van der Waals surface area contributed by atoms with E-state index in [1.807, 2.05) is 12.4 Å². The van der Waals surface area contributed by atoms with Crippen molar-refractivity contribution in [3.05, 3.63) is 60.4 Å². The van der Waals surface area contributed by atoms with Crippen LogP contribution in [0.1, 0.15) is 18.9 Å². The fraction of sp³-hybridized carbons (Fsp3) is 0.235. The Kier molecular flexibility index (Phi) is 3.68. The number of imidazole rings is 1. The Morgan fingerprint density at radius 3 is 2.85 bits per heavy atom. The average molecular weight is 265 g/mol. The third-order valence-electron chi connectivity index (χ3n) is 3.50. The Labute approximate surface area is 119 Å². The molecule has 0 saturated heterocycles. The molecule has 0 radical (unpaired) electrons. The topological polar surface area (TPSA) is 29.9 Å². The van der Waals surface area contributed by atoms with E-state index in [1.165, 1.54) is 16.3 Å². The van der Waals surface area contributed by atoms with Gasteiger partial charge in [0.15, 0.2) is 0 Å². The second-order valence-corrected chi connectivity index (χ2v) is 4.94. The molecule has 0 saturated carbocycles. The number of anilines is 1. The highest BCUT2D eigenvalue weighted by Crippen LogP contribution is 2.19. The van der Waals surface area contributed by atoms with E-state index < -0.39 is 0 Å². The quantitative estimate of drug-likeness (QED) is 0.754. The molecule has 1 heterocycles. The summed E-state index contributed by atoms with van der Waals surface area (Å²) in [6.07, 6.45) is 4.98. The number of aromatic nitrogens is 2. The molecule has 1 aromatic heterocycles. The van der Waals surface area contributed by atoms with Crippen molar-refractivity contribution in [1.82, 2.24) is 9.55 Å². The van der Waals surface area contributed by atoms with Gasteiger partial charge in [-0.05, 0) is 22.8 Å². The highest BCUT2D eigenvalue weighted by Gasteiger charge is 2.03. The molecule has 3 aromatic rings. The van der Waals surface area contributed by atoms with Crippen molar-refractivity contribution < 1.29 is 0 Å². The molecule has 0 atom stereocenters. The molecule has 102 valence electrons. The van der Waals surface area contributed by atoms with Gasteiger partial charge < -0.3 is 9.88 Å². The molecule has 0 bridgehead atoms. The molecule has 3 rings (SSSR count). The summed E-state index contributed by atoms with van der Waals surface area (Å²) in [5.41, 5.74) is 1.30. The largest absolute Gasteiger partial charge is 0.352 e. The number of hydrogen-bond acceptors (Lipinski definition) is 2. The summed E-state index contributed by atoms with van der Waals surface area (Å²) < 4.78 is 2.16. The summed E-state index contributed by atoms with van der Waals surface area (Å²) in [4.78, 5) is 4.38. The molecular weight excluding hydrogens is 246 g/mol. The minimum absolute atomic E-state index is 0.794. The third-order valence-corrected chi connectivity index (χ3v) is 3.50. The van der Waals surface area contributed by atoms with Crippen molar-refractivity contribution in [2.45, 2.75) is 26.4 Å². The van der Waals surface area contributed by atoms with E-state index >= 15 is 0 Å². The van der Waals surface area contributed by atoms with Crippen LogP contribution in [0.2, 0.25) is 0 Å². The van der Waals surface area contributed by atoms with Gasteiger partial charge in [0.2, 0.25) is 5.95 Å². The minimum Gasteiger partial charge on any atom is -0.352 e. The Morgan fingerprint density at radius 1 is 1.10 bits per heavy atom. The Morgan fingerprint density at radius 2 is 1.95 bits per heavy atom. The monoisotopic (exact) mass is 265 g/mol. The number of hydrogen-bond donors (Lipinski definition) is 1. The van der Waals surface area contributed by atoms with Gasteiger partial charge in [-0.2, -0.15) is 0 Å². The summed E-state index contributed by atoms with van der Waals surface area (Å²) in [5, 5.41) is 6.02. The lowest BCUT2D eigenvalue weighted by Gasteiger charge is -2.10. The first-order chi connectivity index (χ1) is 9.88. The summed E-state index contributed by atoms with van der Waals surface area (Å²) >= 11 is 0. The first kappa shape index (κ1) is 12.7. The first-order valence-electron chi connectivity index (χ1n) is 7.10. The second-order valence-electron chi connectivity index (χ2n) is 4.94. The van der Waals surface area contributed by atoms with E-state index in [4.69, 9.17) is 0 Å². The zero-order valence-corrected chi connectivity index (χ0v) is 11.7. The predicted molar refractivity (Wildman–Crippen MR) is 83.8 cm³/mol. The number of nitrogens with one attached hydrogen (secondary N) is 1. The molecular formula is C17H19N3. The Hall–Kier alpha value is -2.29. The molecule has 0 spiro atoms. The maximum absolute atomic E-state index is 4.38. The van der Waals surface area contributed by atoms with Gasteiger partial charge in [-0.1, -0.05) is 49.4 Å². The number of rotatable bonds is 5. The van der Waals surface area contributed by atoms with Gasteiger partial charge in [0.05, 0.1) is 0 Å². The standard InChI is InChI=1S/C17H19N3/c1-2-11-20-12-10-18-17(20)19-13-15-8-5-7-14-6-3-4-9-16(14)15/h3-10,12H,2,11,13H2,1H3,(H,18,19). The van der Waals surface area contributed by atoms with E-state index in [9.17, 15) is 0 Å². The average Bonchev–Trinajstić information content (AvgIpc) is 2.93. The van der Waals surface area contributed by atoms with E-state index in [2.05, 4.69) is 64.3 Å². The summed E-state index contributed by atoms with van der Waals surface area (Å²) in [6.45, 7) is 3.97. The van der Waals surface area contributed by atoms with Crippen LogP contribution in [-0.2, 0) is 13.1 Å². The normalized spacial score (nSPS) is 10.8. The number of benzene rings is 2. The molecule has 0 aliphatic heterocycles. The minimum atomic E-state index is 0.794. The highest BCUT2D eigenvalue weighted by molar-refractivity contribution is 5.85. The van der Waals surface area contributed by atoms with Crippen LogP contribution in [0, 0.1) is 0 Å². The smallest absolute Gasteiger partial charge is 0.203 e. The molecule has 3 heteroatoms. The number of nitrogens with zero attached hydrogens (tertiary/aromatic N) is 2. The molecule has 3 nitrogen and oxygen atoms in total. The van der Waals surface area contributed by atoms with Gasteiger partial charge in [0, 0.05) is 25.5 Å². The highest BCUT2D eigenvalue weighted by atomic mass is 15.2. The van der Waals surface area contributed by atoms with Gasteiger partial charge in [0.1, 0.15) is 0 Å². The summed E-state index contributed by atoms with van der Waals surface area (Å²) in [6, 6.07) is 14.9. The fourth-order valence-electron chi connectivity index (χ4n) is 2.52. The lowest BCUT2D eigenvalue weighted by atomic mass is 10.0. The first-order valence-corrected chi connectivity index (χ1v) is 7.10. The Bertz CT molecular complexity index is 695. The zero-order valence-electron chi connectivity index (χ0n) is 11.7. The molecule has 0 aliphatic carbocycles. The third kappa shape index (κ3) is 2.52. The lowest BCUT2D eigenvalue weighted by molar-refractivity contribution is 0.682. The molecule has 0 fully saturated rings. The fourth-order valence-corrected chi connectivity index (χ4v) is 2.52. The van der Waals surface area contributed by atoms with Gasteiger partial charge >= 0.3 is 0 Å². The van der Waals surface area contributed by atoms with Crippen molar-refractivity contribution in [2.24, 2.45) is 0 Å². The van der Waals surface area contributed by atoms with Crippen molar-refractivity contribution in [3.8, 4) is 0 Å². The van der Waals surface area contributed by atoms with Crippen molar-refractivity contribution in [2.75, 3.05) is 5.32 Å². The van der Waals surface area contributed by atoms with Crippen LogP contribution in [0.3, 0.4) is 0 Å². The second kappa shape index (κ2) is 5.78. The van der Waals surface area contributed by atoms with Crippen molar-refractivity contribution in [3.63, 3.8) is 0 Å². The van der Waals surface area contributed by atoms with Gasteiger partial charge in [-0.25, -0.2) is 4.98 Å². The predicted octanol–water partition coefficient (Wildman–Crippen LogP) is 4.06. The summed E-state index contributed by atoms with van der Waals surface area (Å²) in [5.74, 6) is 0.944. The molecule has 0 unspecified atom stereocenters. The van der Waals surface area contributed by atoms with E-state index in [0.29, 0.717) is 0 Å². The molecule has 0 amide bonds. The van der Waals surface area contributed by atoms with Gasteiger partial charge in [-0.15, -0.1) is 0 Å². The summed E-state index contributed by atoms with van der Waals surface area (Å²) in [7, 11) is 0. The zero-order chi connectivity index (χ0) is 13.8. The maximum atomic E-state index is 4.38. The molecule has 1 N–H and O–H groups in total.